The number of rotatable bonds is 1. The van der Waals surface area contributed by atoms with Crippen LogP contribution in [0.5, 0.6) is 0 Å². The Balaban J connectivity index is 2.41. The predicted molar refractivity (Wildman–Crippen MR) is 47.0 cm³/mol. The van der Waals surface area contributed by atoms with E-state index in [0.717, 1.165) is 19.4 Å². The Morgan fingerprint density at radius 3 is 2.62 bits per heavy atom. The molecule has 1 heterocycles. The van der Waals surface area contributed by atoms with Crippen LogP contribution < -0.4 is 0 Å². The van der Waals surface area contributed by atoms with Gasteiger partial charge in [0.2, 0.25) is 5.91 Å². The van der Waals surface area contributed by atoms with Gasteiger partial charge in [-0.05, 0) is 12.8 Å². The normalized spacial score (nSPS) is 22.6. The zero-order valence-electron chi connectivity index (χ0n) is 8.08. The molecule has 0 spiro atoms. The number of hydrogen-bond acceptors (Lipinski definition) is 3. The smallest absolute Gasteiger partial charge is 0.302 e. The first-order valence-electron chi connectivity index (χ1n) is 4.52. The van der Waals surface area contributed by atoms with Crippen LogP contribution in [0.4, 0.5) is 0 Å². The molecule has 0 radical (unpaired) electrons. The lowest BCUT2D eigenvalue weighted by atomic mass is 10.1. The lowest BCUT2D eigenvalue weighted by molar-refractivity contribution is -0.151. The summed E-state index contributed by atoms with van der Waals surface area (Å²) in [7, 11) is 0. The van der Waals surface area contributed by atoms with Crippen molar-refractivity contribution in [1.29, 1.82) is 0 Å². The van der Waals surface area contributed by atoms with Crippen LogP contribution in [0.3, 0.4) is 0 Å². The summed E-state index contributed by atoms with van der Waals surface area (Å²) in [5, 5.41) is 0. The molecule has 1 rings (SSSR count). The fourth-order valence-corrected chi connectivity index (χ4v) is 1.56. The highest BCUT2D eigenvalue weighted by molar-refractivity contribution is 5.73. The summed E-state index contributed by atoms with van der Waals surface area (Å²) in [4.78, 5) is 23.4. The van der Waals surface area contributed by atoms with E-state index in [1.165, 1.54) is 13.8 Å². The Morgan fingerprint density at radius 2 is 2.08 bits per heavy atom. The molecule has 1 amide bonds. The molecule has 0 aromatic rings. The molecule has 0 saturated carbocycles. The Hall–Kier alpha value is -1.06. The molecule has 1 saturated heterocycles. The summed E-state index contributed by atoms with van der Waals surface area (Å²) in [6.07, 6.45) is 1.68. The first-order valence-corrected chi connectivity index (χ1v) is 4.52. The quantitative estimate of drug-likeness (QED) is 0.561. The molecule has 0 bridgehead atoms. The van der Waals surface area contributed by atoms with Crippen molar-refractivity contribution in [3.63, 3.8) is 0 Å². The van der Waals surface area contributed by atoms with Crippen LogP contribution in [0, 0.1) is 0 Å². The lowest BCUT2D eigenvalue weighted by Gasteiger charge is -2.31. The standard InChI is InChI=1S/C9H15NO3/c1-7(11)10-5-3-4-9(6-10)13-8(2)12/h9H,3-6H2,1-2H3/t9-/m1/s1. The SMILES string of the molecule is CC(=O)O[C@@H]1CCCN(C(C)=O)C1. The third-order valence-corrected chi connectivity index (χ3v) is 2.16. The fraction of sp³-hybridized carbons (Fsp3) is 0.778. The molecule has 0 aromatic heterocycles. The van der Waals surface area contributed by atoms with E-state index in [2.05, 4.69) is 0 Å². The number of ether oxygens (including phenoxy) is 1. The second kappa shape index (κ2) is 4.25. The minimum absolute atomic E-state index is 0.0526. The summed E-state index contributed by atoms with van der Waals surface area (Å²) in [5.41, 5.74) is 0. The van der Waals surface area contributed by atoms with E-state index in [-0.39, 0.29) is 18.0 Å². The van der Waals surface area contributed by atoms with Crippen molar-refractivity contribution in [3.8, 4) is 0 Å². The largest absolute Gasteiger partial charge is 0.461 e. The molecular formula is C9H15NO3. The number of amides is 1. The number of piperidine rings is 1. The Labute approximate surface area is 77.8 Å². The number of hydrogen-bond donors (Lipinski definition) is 0. The maximum absolute atomic E-state index is 11.0. The zero-order valence-corrected chi connectivity index (χ0v) is 8.08. The molecule has 0 unspecified atom stereocenters. The number of esters is 1. The van der Waals surface area contributed by atoms with Gasteiger partial charge in [-0.3, -0.25) is 9.59 Å². The summed E-state index contributed by atoms with van der Waals surface area (Å²) in [5.74, 6) is -0.216. The lowest BCUT2D eigenvalue weighted by Crippen LogP contribution is -2.42. The van der Waals surface area contributed by atoms with E-state index in [0.29, 0.717) is 6.54 Å². The molecule has 1 fully saturated rings. The Kier molecular flexibility index (Phi) is 3.28. The van der Waals surface area contributed by atoms with Crippen molar-refractivity contribution in [2.75, 3.05) is 13.1 Å². The third-order valence-electron chi connectivity index (χ3n) is 2.16. The Morgan fingerprint density at radius 1 is 1.38 bits per heavy atom. The maximum atomic E-state index is 11.0. The number of nitrogens with zero attached hydrogens (tertiary/aromatic N) is 1. The molecule has 0 aliphatic carbocycles. The minimum Gasteiger partial charge on any atom is -0.461 e. The number of carbonyl (C=O) groups is 2. The van der Waals surface area contributed by atoms with Gasteiger partial charge < -0.3 is 9.64 Å². The van der Waals surface area contributed by atoms with Gasteiger partial charge in [0.25, 0.3) is 0 Å². The van der Waals surface area contributed by atoms with Gasteiger partial charge >= 0.3 is 5.97 Å². The molecule has 0 aromatic carbocycles. The molecule has 0 N–H and O–H groups in total. The second-order valence-electron chi connectivity index (χ2n) is 3.34. The van der Waals surface area contributed by atoms with Crippen LogP contribution >= 0.6 is 0 Å². The average molecular weight is 185 g/mol. The van der Waals surface area contributed by atoms with E-state index in [9.17, 15) is 9.59 Å². The van der Waals surface area contributed by atoms with Crippen molar-refractivity contribution < 1.29 is 14.3 Å². The van der Waals surface area contributed by atoms with Crippen LogP contribution in [0.25, 0.3) is 0 Å². The summed E-state index contributed by atoms with van der Waals surface area (Å²) in [6.45, 7) is 4.27. The zero-order chi connectivity index (χ0) is 9.84. The van der Waals surface area contributed by atoms with E-state index < -0.39 is 0 Å². The highest BCUT2D eigenvalue weighted by Gasteiger charge is 2.23. The second-order valence-corrected chi connectivity index (χ2v) is 3.34. The number of carbonyl (C=O) groups excluding carboxylic acids is 2. The van der Waals surface area contributed by atoms with Crippen molar-refractivity contribution >= 4 is 11.9 Å². The van der Waals surface area contributed by atoms with Crippen LogP contribution in [-0.4, -0.2) is 36.0 Å². The van der Waals surface area contributed by atoms with Gasteiger partial charge in [0.05, 0.1) is 6.54 Å². The number of likely N-dealkylation sites (tertiary alicyclic amines) is 1. The Bertz CT molecular complexity index is 215. The average Bonchev–Trinajstić information content (AvgIpc) is 2.03. The van der Waals surface area contributed by atoms with Crippen molar-refractivity contribution in [3.05, 3.63) is 0 Å². The van der Waals surface area contributed by atoms with Gasteiger partial charge in [-0.1, -0.05) is 0 Å². The molecule has 1 aliphatic heterocycles. The van der Waals surface area contributed by atoms with Crippen molar-refractivity contribution in [2.45, 2.75) is 32.8 Å². The van der Waals surface area contributed by atoms with Gasteiger partial charge in [0.15, 0.2) is 0 Å². The molecule has 4 heteroatoms. The molecule has 4 nitrogen and oxygen atoms in total. The van der Waals surface area contributed by atoms with Gasteiger partial charge in [-0.15, -0.1) is 0 Å². The first-order chi connectivity index (χ1) is 6.09. The summed E-state index contributed by atoms with van der Waals surface area (Å²) in [6, 6.07) is 0. The predicted octanol–water partition coefficient (Wildman–Crippen LogP) is 0.560. The van der Waals surface area contributed by atoms with E-state index in [1.807, 2.05) is 0 Å². The third kappa shape index (κ3) is 3.05. The maximum Gasteiger partial charge on any atom is 0.302 e. The topological polar surface area (TPSA) is 46.6 Å². The van der Waals surface area contributed by atoms with E-state index >= 15 is 0 Å². The van der Waals surface area contributed by atoms with Crippen molar-refractivity contribution in [1.82, 2.24) is 4.90 Å². The van der Waals surface area contributed by atoms with E-state index in [1.54, 1.807) is 4.90 Å². The van der Waals surface area contributed by atoms with Crippen molar-refractivity contribution in [2.24, 2.45) is 0 Å². The fourth-order valence-electron chi connectivity index (χ4n) is 1.56. The first kappa shape index (κ1) is 10.0. The molecule has 1 aliphatic rings. The van der Waals surface area contributed by atoms with Crippen LogP contribution in [-0.2, 0) is 14.3 Å². The highest BCUT2D eigenvalue weighted by atomic mass is 16.5. The minimum atomic E-state index is -0.268. The van der Waals surface area contributed by atoms with Crippen LogP contribution in [0.2, 0.25) is 0 Å². The molecule has 1 atom stereocenters. The van der Waals surface area contributed by atoms with Gasteiger partial charge in [0, 0.05) is 20.4 Å². The van der Waals surface area contributed by atoms with Gasteiger partial charge in [-0.2, -0.15) is 0 Å². The van der Waals surface area contributed by atoms with Gasteiger partial charge in [0.1, 0.15) is 6.10 Å². The van der Waals surface area contributed by atoms with E-state index in [4.69, 9.17) is 4.74 Å². The summed E-state index contributed by atoms with van der Waals surface area (Å²) < 4.78 is 5.04. The molecule has 13 heavy (non-hydrogen) atoms. The monoisotopic (exact) mass is 185 g/mol. The highest BCUT2D eigenvalue weighted by Crippen LogP contribution is 2.13. The molecule has 74 valence electrons. The van der Waals surface area contributed by atoms with Crippen LogP contribution in [0.1, 0.15) is 26.7 Å². The molecular weight excluding hydrogens is 170 g/mol. The summed E-state index contributed by atoms with van der Waals surface area (Å²) >= 11 is 0. The van der Waals surface area contributed by atoms with Gasteiger partial charge in [-0.25, -0.2) is 0 Å². The van der Waals surface area contributed by atoms with Crippen LogP contribution in [0.15, 0.2) is 0 Å².